The number of imidazole rings is 1. The van der Waals surface area contributed by atoms with E-state index in [0.29, 0.717) is 25.1 Å². The highest BCUT2D eigenvalue weighted by molar-refractivity contribution is 5.97. The van der Waals surface area contributed by atoms with Crippen LogP contribution >= 0.6 is 0 Å². The van der Waals surface area contributed by atoms with Gasteiger partial charge in [0.2, 0.25) is 41.4 Å². The number of carboxylic acids is 2. The molecule has 6 atom stereocenters. The number of amides is 7. The highest BCUT2D eigenvalue weighted by Gasteiger charge is 2.36. The summed E-state index contributed by atoms with van der Waals surface area (Å²) in [6, 6.07) is -7.58. The van der Waals surface area contributed by atoms with Crippen LogP contribution in [0.2, 0.25) is 0 Å². The summed E-state index contributed by atoms with van der Waals surface area (Å²) >= 11 is 0. The van der Waals surface area contributed by atoms with E-state index >= 15 is 0 Å². The fourth-order valence-electron chi connectivity index (χ4n) is 5.84. The van der Waals surface area contributed by atoms with Crippen molar-refractivity contribution < 1.29 is 53.4 Å². The molecule has 0 saturated carbocycles. The number of aromatic amines is 1. The molecule has 24 heteroatoms. The summed E-state index contributed by atoms with van der Waals surface area (Å²) in [5, 5.41) is 43.0. The fraction of sp³-hybridized carbons (Fsp3) is 0.618. The van der Waals surface area contributed by atoms with Crippen LogP contribution in [0.15, 0.2) is 12.5 Å². The van der Waals surface area contributed by atoms with E-state index in [-0.39, 0.29) is 38.3 Å². The quantitative estimate of drug-likeness (QED) is 0.0265. The molecule has 322 valence electrons. The van der Waals surface area contributed by atoms with Gasteiger partial charge in [0, 0.05) is 32.1 Å². The van der Waals surface area contributed by atoms with Gasteiger partial charge in [-0.2, -0.15) is 0 Å². The molecule has 24 nitrogen and oxygen atoms in total. The Hall–Kier alpha value is -6.33. The van der Waals surface area contributed by atoms with Gasteiger partial charge in [-0.3, -0.25) is 48.6 Å². The summed E-state index contributed by atoms with van der Waals surface area (Å²) in [5.74, 6) is -8.92. The monoisotopic (exact) mass is 821 g/mol. The number of rotatable bonds is 24. The zero-order valence-corrected chi connectivity index (χ0v) is 32.6. The van der Waals surface area contributed by atoms with E-state index in [1.165, 1.54) is 24.3 Å². The fourth-order valence-corrected chi connectivity index (χ4v) is 5.84. The summed E-state index contributed by atoms with van der Waals surface area (Å²) in [6.07, 6.45) is 2.83. The molecule has 1 aliphatic heterocycles. The summed E-state index contributed by atoms with van der Waals surface area (Å²) in [5.41, 5.74) is 11.2. The van der Waals surface area contributed by atoms with E-state index in [2.05, 4.69) is 47.2 Å². The van der Waals surface area contributed by atoms with Crippen molar-refractivity contribution in [1.29, 1.82) is 5.41 Å². The van der Waals surface area contributed by atoms with E-state index in [4.69, 9.17) is 16.9 Å². The normalized spacial score (nSPS) is 16.1. The van der Waals surface area contributed by atoms with Crippen LogP contribution in [0.3, 0.4) is 0 Å². The number of carbonyl (C=O) groups is 9. The molecule has 2 rings (SSSR count). The van der Waals surface area contributed by atoms with Gasteiger partial charge in [0.1, 0.15) is 36.3 Å². The van der Waals surface area contributed by atoms with Crippen LogP contribution in [-0.4, -0.2) is 147 Å². The van der Waals surface area contributed by atoms with Crippen molar-refractivity contribution in [3.8, 4) is 0 Å². The van der Waals surface area contributed by atoms with Gasteiger partial charge in [-0.05, 0) is 44.9 Å². The SMILES string of the molecule is CC(C)[C@H](NC(=O)CNC(=O)[C@H](Cc1c[nH]cn1)NC(=O)[C@@H]1CCCN1C(=O)CN)C(=O)N[C@@H](CCCNC(=N)N)C(=O)N[C@@H](CCC(=O)O)C(=O)N[C@@H](C)C(=O)O. The third kappa shape index (κ3) is 16.0. The Morgan fingerprint density at radius 1 is 0.897 bits per heavy atom. The van der Waals surface area contributed by atoms with Crippen molar-refractivity contribution in [2.24, 2.45) is 17.4 Å². The highest BCUT2D eigenvalue weighted by Crippen LogP contribution is 2.18. The molecule has 0 bridgehead atoms. The molecule has 1 aromatic rings. The third-order valence-corrected chi connectivity index (χ3v) is 8.97. The Kier molecular flexibility index (Phi) is 19.5. The maximum Gasteiger partial charge on any atom is 0.325 e. The van der Waals surface area contributed by atoms with Gasteiger partial charge >= 0.3 is 11.9 Å². The lowest BCUT2D eigenvalue weighted by atomic mass is 10.0. The van der Waals surface area contributed by atoms with Gasteiger partial charge in [0.05, 0.1) is 25.1 Å². The van der Waals surface area contributed by atoms with Crippen LogP contribution in [0, 0.1) is 11.3 Å². The second-order valence-corrected chi connectivity index (χ2v) is 13.9. The van der Waals surface area contributed by atoms with Crippen molar-refractivity contribution in [3.63, 3.8) is 0 Å². The Balaban J connectivity index is 2.18. The van der Waals surface area contributed by atoms with E-state index in [0.717, 1.165) is 0 Å². The van der Waals surface area contributed by atoms with Gasteiger partial charge < -0.3 is 68.8 Å². The number of carbonyl (C=O) groups excluding carboxylic acids is 7. The van der Waals surface area contributed by atoms with Gasteiger partial charge in [-0.1, -0.05) is 13.8 Å². The van der Waals surface area contributed by atoms with Crippen LogP contribution in [0.4, 0.5) is 0 Å². The average molecular weight is 822 g/mol. The number of aliphatic carboxylic acids is 2. The van der Waals surface area contributed by atoms with E-state index in [1.807, 2.05) is 0 Å². The average Bonchev–Trinajstić information content (AvgIpc) is 3.87. The molecule has 1 saturated heterocycles. The van der Waals surface area contributed by atoms with Gasteiger partial charge in [0.15, 0.2) is 5.96 Å². The first-order valence-corrected chi connectivity index (χ1v) is 18.6. The van der Waals surface area contributed by atoms with Gasteiger partial charge in [0.25, 0.3) is 0 Å². The van der Waals surface area contributed by atoms with Crippen LogP contribution in [-0.2, 0) is 49.6 Å². The third-order valence-electron chi connectivity index (χ3n) is 8.97. The molecule has 15 N–H and O–H groups in total. The van der Waals surface area contributed by atoms with E-state index < -0.39 is 115 Å². The van der Waals surface area contributed by atoms with E-state index in [9.17, 15) is 53.4 Å². The zero-order valence-electron chi connectivity index (χ0n) is 32.6. The van der Waals surface area contributed by atoms with Gasteiger partial charge in [-0.15, -0.1) is 0 Å². The number of nitrogens with zero attached hydrogens (tertiary/aromatic N) is 2. The highest BCUT2D eigenvalue weighted by atomic mass is 16.4. The summed E-state index contributed by atoms with van der Waals surface area (Å²) < 4.78 is 0. The number of guanidine groups is 1. The molecule has 1 aliphatic rings. The first-order valence-electron chi connectivity index (χ1n) is 18.6. The number of hydrogen-bond donors (Lipinski definition) is 13. The number of hydrogen-bond acceptors (Lipinski definition) is 12. The van der Waals surface area contributed by atoms with Crippen molar-refractivity contribution >= 4 is 59.2 Å². The molecule has 0 spiro atoms. The molecular formula is C34H55N13O11. The number of nitrogens with two attached hydrogens (primary N) is 2. The van der Waals surface area contributed by atoms with Crippen LogP contribution < -0.4 is 48.7 Å². The second-order valence-electron chi connectivity index (χ2n) is 13.9. The summed E-state index contributed by atoms with van der Waals surface area (Å²) in [7, 11) is 0. The van der Waals surface area contributed by atoms with Crippen molar-refractivity contribution in [2.75, 3.05) is 26.2 Å². The second kappa shape index (κ2) is 23.7. The van der Waals surface area contributed by atoms with Crippen LogP contribution in [0.25, 0.3) is 0 Å². The molecule has 1 fully saturated rings. The van der Waals surface area contributed by atoms with Crippen molar-refractivity contribution in [3.05, 3.63) is 18.2 Å². The number of likely N-dealkylation sites (tertiary alicyclic amines) is 1. The first-order chi connectivity index (χ1) is 27.3. The topological polar surface area (TPSA) is 386 Å². The number of nitrogens with one attached hydrogen (secondary N) is 9. The molecule has 0 radical (unpaired) electrons. The molecular weight excluding hydrogens is 766 g/mol. The molecule has 0 aliphatic carbocycles. The summed E-state index contributed by atoms with van der Waals surface area (Å²) in [4.78, 5) is 123. The molecule has 58 heavy (non-hydrogen) atoms. The molecule has 1 aromatic heterocycles. The Labute approximate surface area is 333 Å². The maximum atomic E-state index is 13.6. The maximum absolute atomic E-state index is 13.6. The first kappa shape index (κ1) is 47.8. The van der Waals surface area contributed by atoms with E-state index in [1.54, 1.807) is 13.8 Å². The van der Waals surface area contributed by atoms with Crippen molar-refractivity contribution in [2.45, 2.75) is 102 Å². The number of aromatic nitrogens is 2. The minimum atomic E-state index is -1.50. The number of H-pyrrole nitrogens is 1. The predicted molar refractivity (Wildman–Crippen MR) is 203 cm³/mol. The largest absolute Gasteiger partial charge is 0.481 e. The minimum absolute atomic E-state index is 0.0694. The zero-order chi connectivity index (χ0) is 43.5. The summed E-state index contributed by atoms with van der Waals surface area (Å²) in [6.45, 7) is 3.87. The van der Waals surface area contributed by atoms with Crippen LogP contribution in [0.5, 0.6) is 0 Å². The Bertz CT molecular complexity index is 1640. The number of carboxylic acid groups (broad SMARTS) is 2. The Morgan fingerprint density at radius 3 is 2.14 bits per heavy atom. The lowest BCUT2D eigenvalue weighted by Crippen LogP contribution is -2.59. The van der Waals surface area contributed by atoms with Crippen molar-refractivity contribution in [1.82, 2.24) is 52.1 Å². The molecule has 2 heterocycles. The lowest BCUT2D eigenvalue weighted by Gasteiger charge is -2.27. The smallest absolute Gasteiger partial charge is 0.325 e. The molecule has 0 unspecified atom stereocenters. The molecule has 7 amide bonds. The minimum Gasteiger partial charge on any atom is -0.481 e. The molecule has 0 aromatic carbocycles. The predicted octanol–water partition coefficient (Wildman–Crippen LogP) is -4.67. The lowest BCUT2D eigenvalue weighted by molar-refractivity contribution is -0.142. The van der Waals surface area contributed by atoms with Gasteiger partial charge in [-0.25, -0.2) is 4.98 Å². The van der Waals surface area contributed by atoms with Crippen LogP contribution in [0.1, 0.15) is 65.0 Å². The standard InChI is InChI=1S/C34H55N13O11/c1-17(2)27(32(56)44-20(6-4-10-39-34(36)37)30(54)43-21(8-9-26(50)51)29(53)42-18(3)33(57)58)46-24(48)15-40-28(52)22(12-19-14-38-16-41-19)45-31(55)23-7-5-11-47(23)25(49)13-35/h14,16-18,20-23,27H,4-13,15,35H2,1-3H3,(H,38,41)(H,40,52)(H,42,53)(H,43,54)(H,44,56)(H,45,55)(H,46,48)(H,50,51)(H,57,58)(H4,36,37,39)/t18-,20-,21-,22-,23-,27-/m0/s1. The Morgan fingerprint density at radius 2 is 1.55 bits per heavy atom.